The Labute approximate surface area is 299 Å². The first-order valence-electron chi connectivity index (χ1n) is 17.5. The van der Waals surface area contributed by atoms with Crippen LogP contribution in [0, 0.1) is 19.7 Å². The topological polar surface area (TPSA) is 118 Å². The standard InChI is InChI=1S/C39H47FN6O5/c1-28-10-7-11-29(2)37(28)46(39(48)51-32-13-8-12-30(26-32)14-17-36(47)41-20-25-49-3)35-18-19-42-38(44-35)43-31-15-16-34(33(40)27-31)50-24-9-23-45-21-5-4-6-22-45/h7-8,10-13,15-16,18-19,26-27H,4-6,9,14,17,20-25H2,1-3H3,(H,41,47)(H,42,43,44). The van der Waals surface area contributed by atoms with E-state index in [1.54, 1.807) is 43.5 Å². The second-order valence-corrected chi connectivity index (χ2v) is 12.5. The van der Waals surface area contributed by atoms with Crippen LogP contribution in [-0.4, -0.2) is 73.4 Å². The third kappa shape index (κ3) is 11.0. The number of nitrogens with one attached hydrogen (secondary N) is 2. The summed E-state index contributed by atoms with van der Waals surface area (Å²) in [6.07, 6.45) is 6.19. The van der Waals surface area contributed by atoms with Gasteiger partial charge in [-0.25, -0.2) is 19.1 Å². The van der Waals surface area contributed by atoms with E-state index in [4.69, 9.17) is 14.2 Å². The van der Waals surface area contributed by atoms with Crippen LogP contribution in [-0.2, 0) is 16.0 Å². The van der Waals surface area contributed by atoms with Crippen molar-refractivity contribution < 1.29 is 28.2 Å². The molecule has 0 saturated carbocycles. The van der Waals surface area contributed by atoms with Gasteiger partial charge in [-0.3, -0.25) is 4.79 Å². The minimum atomic E-state index is -0.681. The zero-order valence-corrected chi connectivity index (χ0v) is 29.6. The predicted molar refractivity (Wildman–Crippen MR) is 196 cm³/mol. The molecule has 0 spiro atoms. The van der Waals surface area contributed by atoms with Crippen molar-refractivity contribution >= 4 is 35.1 Å². The van der Waals surface area contributed by atoms with E-state index in [9.17, 15) is 9.59 Å². The number of likely N-dealkylation sites (tertiary alicyclic amines) is 1. The van der Waals surface area contributed by atoms with E-state index >= 15 is 4.39 Å². The summed E-state index contributed by atoms with van der Waals surface area (Å²) in [4.78, 5) is 39.0. The van der Waals surface area contributed by atoms with Crippen LogP contribution in [0.15, 0.2) is 72.9 Å². The van der Waals surface area contributed by atoms with Crippen molar-refractivity contribution in [3.05, 3.63) is 95.4 Å². The molecule has 0 bridgehead atoms. The Morgan fingerprint density at radius 3 is 2.51 bits per heavy atom. The molecule has 2 heterocycles. The molecule has 0 aliphatic carbocycles. The largest absolute Gasteiger partial charge is 0.490 e. The Balaban J connectivity index is 1.28. The molecule has 3 aromatic carbocycles. The van der Waals surface area contributed by atoms with Crippen LogP contribution >= 0.6 is 0 Å². The van der Waals surface area contributed by atoms with Crippen molar-refractivity contribution in [3.8, 4) is 11.5 Å². The van der Waals surface area contributed by atoms with Gasteiger partial charge in [-0.2, -0.15) is 4.98 Å². The maximum atomic E-state index is 15.0. The lowest BCUT2D eigenvalue weighted by Gasteiger charge is -2.26. The number of aryl methyl sites for hydroxylation is 3. The van der Waals surface area contributed by atoms with E-state index < -0.39 is 11.9 Å². The van der Waals surface area contributed by atoms with Crippen molar-refractivity contribution in [2.24, 2.45) is 0 Å². The summed E-state index contributed by atoms with van der Waals surface area (Å²) in [6.45, 7) is 8.32. The number of para-hydroxylation sites is 1. The highest BCUT2D eigenvalue weighted by Gasteiger charge is 2.26. The first-order chi connectivity index (χ1) is 24.8. The summed E-state index contributed by atoms with van der Waals surface area (Å²) in [6, 6.07) is 19.0. The van der Waals surface area contributed by atoms with Crippen LogP contribution in [0.1, 0.15) is 48.8 Å². The highest BCUT2D eigenvalue weighted by molar-refractivity contribution is 5.98. The number of carbonyl (C=O) groups is 2. The third-order valence-electron chi connectivity index (χ3n) is 8.60. The first kappa shape index (κ1) is 37.2. The molecule has 0 atom stereocenters. The third-order valence-corrected chi connectivity index (χ3v) is 8.60. The minimum Gasteiger partial charge on any atom is -0.490 e. The minimum absolute atomic E-state index is 0.0885. The summed E-state index contributed by atoms with van der Waals surface area (Å²) in [7, 11) is 1.58. The van der Waals surface area contributed by atoms with E-state index in [1.165, 1.54) is 36.4 Å². The normalized spacial score (nSPS) is 13.0. The number of amides is 2. The summed E-state index contributed by atoms with van der Waals surface area (Å²) in [5, 5.41) is 5.86. The van der Waals surface area contributed by atoms with Gasteiger partial charge in [-0.1, -0.05) is 36.8 Å². The fraction of sp³-hybridized carbons (Fsp3) is 0.385. The molecule has 270 valence electrons. The molecule has 1 aromatic heterocycles. The molecule has 12 heteroatoms. The molecule has 1 aliphatic heterocycles. The molecular formula is C39H47FN6O5. The van der Waals surface area contributed by atoms with Crippen molar-refractivity contribution in [2.75, 3.05) is 56.7 Å². The predicted octanol–water partition coefficient (Wildman–Crippen LogP) is 7.26. The van der Waals surface area contributed by atoms with Crippen LogP contribution in [0.2, 0.25) is 0 Å². The zero-order valence-electron chi connectivity index (χ0n) is 29.6. The van der Waals surface area contributed by atoms with Crippen LogP contribution < -0.4 is 25.0 Å². The number of ether oxygens (including phenoxy) is 3. The number of hydrogen-bond donors (Lipinski definition) is 2. The second kappa shape index (κ2) is 18.8. The Kier molecular flexibility index (Phi) is 13.7. The number of hydrogen-bond acceptors (Lipinski definition) is 9. The zero-order chi connectivity index (χ0) is 36.0. The van der Waals surface area contributed by atoms with Crippen molar-refractivity contribution in [3.63, 3.8) is 0 Å². The van der Waals surface area contributed by atoms with E-state index in [1.807, 2.05) is 38.1 Å². The van der Waals surface area contributed by atoms with E-state index in [2.05, 4.69) is 25.5 Å². The lowest BCUT2D eigenvalue weighted by atomic mass is 10.1. The number of nitrogens with zero attached hydrogens (tertiary/aromatic N) is 4. The number of rotatable bonds is 16. The maximum Gasteiger partial charge on any atom is 0.425 e. The molecule has 5 rings (SSSR count). The number of anilines is 4. The van der Waals surface area contributed by atoms with E-state index in [0.717, 1.165) is 42.7 Å². The smallest absolute Gasteiger partial charge is 0.425 e. The van der Waals surface area contributed by atoms with Crippen LogP contribution in [0.4, 0.5) is 32.3 Å². The van der Waals surface area contributed by atoms with Crippen molar-refractivity contribution in [2.45, 2.75) is 52.4 Å². The average Bonchev–Trinajstić information content (AvgIpc) is 3.12. The molecule has 0 radical (unpaired) electrons. The van der Waals surface area contributed by atoms with Crippen LogP contribution in [0.3, 0.4) is 0 Å². The van der Waals surface area contributed by atoms with Gasteiger partial charge in [0, 0.05) is 50.6 Å². The molecule has 1 fully saturated rings. The van der Waals surface area contributed by atoms with Crippen LogP contribution in [0.25, 0.3) is 0 Å². The summed E-state index contributed by atoms with van der Waals surface area (Å²) in [5.41, 5.74) is 3.55. The van der Waals surface area contributed by atoms with Crippen molar-refractivity contribution in [1.82, 2.24) is 20.2 Å². The Morgan fingerprint density at radius 2 is 1.75 bits per heavy atom. The van der Waals surface area contributed by atoms with Crippen LogP contribution in [0.5, 0.6) is 11.5 Å². The summed E-state index contributed by atoms with van der Waals surface area (Å²) < 4.78 is 31.7. The van der Waals surface area contributed by atoms with Crippen molar-refractivity contribution in [1.29, 1.82) is 0 Å². The number of aromatic nitrogens is 2. The van der Waals surface area contributed by atoms with Gasteiger partial charge in [0.15, 0.2) is 11.6 Å². The maximum absolute atomic E-state index is 15.0. The number of piperidine rings is 1. The fourth-order valence-corrected chi connectivity index (χ4v) is 6.02. The Hall–Kier alpha value is -5.07. The number of methoxy groups -OCH3 is 1. The van der Waals surface area contributed by atoms with Gasteiger partial charge in [0.05, 0.1) is 18.9 Å². The Bertz CT molecular complexity index is 1750. The summed E-state index contributed by atoms with van der Waals surface area (Å²) >= 11 is 0. The van der Waals surface area contributed by atoms with Gasteiger partial charge in [-0.05, 0) is 93.6 Å². The SMILES string of the molecule is COCCNC(=O)CCc1cccc(OC(=O)N(c2ccnc(Nc3ccc(OCCCN4CCCCC4)c(F)c3)n2)c2c(C)cccc2C)c1. The molecular weight excluding hydrogens is 651 g/mol. The van der Waals surface area contributed by atoms with E-state index in [-0.39, 0.29) is 29.8 Å². The monoisotopic (exact) mass is 698 g/mol. The highest BCUT2D eigenvalue weighted by Crippen LogP contribution is 2.33. The lowest BCUT2D eigenvalue weighted by Crippen LogP contribution is -2.31. The number of benzene rings is 3. The molecule has 11 nitrogen and oxygen atoms in total. The van der Waals surface area contributed by atoms with Gasteiger partial charge in [0.1, 0.15) is 11.6 Å². The van der Waals surface area contributed by atoms with Gasteiger partial charge in [0.25, 0.3) is 0 Å². The molecule has 1 aliphatic rings. The molecule has 4 aromatic rings. The van der Waals surface area contributed by atoms with Gasteiger partial charge in [0.2, 0.25) is 11.9 Å². The molecule has 2 N–H and O–H groups in total. The number of carbonyl (C=O) groups excluding carboxylic acids is 2. The molecule has 51 heavy (non-hydrogen) atoms. The average molecular weight is 699 g/mol. The van der Waals surface area contributed by atoms with Gasteiger partial charge < -0.3 is 29.7 Å². The number of halogens is 1. The van der Waals surface area contributed by atoms with Gasteiger partial charge in [-0.15, -0.1) is 0 Å². The van der Waals surface area contributed by atoms with Gasteiger partial charge >= 0.3 is 6.09 Å². The molecule has 1 saturated heterocycles. The Morgan fingerprint density at radius 1 is 0.961 bits per heavy atom. The fourth-order valence-electron chi connectivity index (χ4n) is 6.02. The molecule has 2 amide bonds. The summed E-state index contributed by atoms with van der Waals surface area (Å²) in [5.74, 6) is 0.348. The second-order valence-electron chi connectivity index (χ2n) is 12.5. The highest BCUT2D eigenvalue weighted by atomic mass is 19.1. The molecule has 0 unspecified atom stereocenters. The first-order valence-corrected chi connectivity index (χ1v) is 17.5. The quantitative estimate of drug-likeness (QED) is 0.117. The van der Waals surface area contributed by atoms with E-state index in [0.29, 0.717) is 43.3 Å². The lowest BCUT2D eigenvalue weighted by molar-refractivity contribution is -0.121.